The third kappa shape index (κ3) is 1.73. The molecule has 1 rings (SSSR count). The number of nitrogens with zero attached hydrogens (tertiary/aromatic N) is 2. The van der Waals surface area contributed by atoms with Crippen molar-refractivity contribution in [1.82, 2.24) is 9.78 Å². The van der Waals surface area contributed by atoms with Crippen LogP contribution >= 0.6 is 0 Å². The molecule has 0 amide bonds. The van der Waals surface area contributed by atoms with Gasteiger partial charge in [-0.3, -0.25) is 4.68 Å². The molecule has 0 aliphatic rings. The Morgan fingerprint density at radius 3 is 2.55 bits per heavy atom. The van der Waals surface area contributed by atoms with Crippen LogP contribution in [0.4, 0.5) is 5.69 Å². The predicted octanol–water partition coefficient (Wildman–Crippen LogP) is 1.83. The zero-order valence-electron chi connectivity index (χ0n) is 7.12. The summed E-state index contributed by atoms with van der Waals surface area (Å²) in [6, 6.07) is 0.507. The standard InChI is InChI=1S/C8H15N3/c1-3-8(4-2)11-6-7(9)5-10-11/h5-6,8H,3-4,9H2,1-2H3. The van der Waals surface area contributed by atoms with E-state index in [9.17, 15) is 0 Å². The molecule has 2 N–H and O–H groups in total. The van der Waals surface area contributed by atoms with Crippen LogP contribution in [0.1, 0.15) is 32.7 Å². The molecule has 1 aromatic heterocycles. The van der Waals surface area contributed by atoms with Crippen molar-refractivity contribution in [3.63, 3.8) is 0 Å². The van der Waals surface area contributed by atoms with Gasteiger partial charge in [-0.2, -0.15) is 5.10 Å². The molecular formula is C8H15N3. The Morgan fingerprint density at radius 1 is 1.55 bits per heavy atom. The van der Waals surface area contributed by atoms with E-state index in [1.807, 2.05) is 10.9 Å². The van der Waals surface area contributed by atoms with Crippen LogP contribution in [0.25, 0.3) is 0 Å². The molecule has 0 aromatic carbocycles. The van der Waals surface area contributed by atoms with Gasteiger partial charge in [-0.25, -0.2) is 0 Å². The number of rotatable bonds is 3. The van der Waals surface area contributed by atoms with Crippen molar-refractivity contribution in [2.75, 3.05) is 5.73 Å². The number of anilines is 1. The zero-order chi connectivity index (χ0) is 8.27. The molecule has 0 aliphatic carbocycles. The lowest BCUT2D eigenvalue weighted by molar-refractivity contribution is 0.428. The van der Waals surface area contributed by atoms with Gasteiger partial charge in [-0.05, 0) is 12.8 Å². The van der Waals surface area contributed by atoms with Gasteiger partial charge in [0.05, 0.1) is 17.9 Å². The summed E-state index contributed by atoms with van der Waals surface area (Å²) in [5, 5.41) is 4.15. The summed E-state index contributed by atoms with van der Waals surface area (Å²) in [7, 11) is 0. The van der Waals surface area contributed by atoms with Gasteiger partial charge in [0.15, 0.2) is 0 Å². The minimum absolute atomic E-state index is 0.507. The molecule has 0 aliphatic heterocycles. The minimum Gasteiger partial charge on any atom is -0.396 e. The molecule has 0 bridgehead atoms. The van der Waals surface area contributed by atoms with Crippen LogP contribution in [-0.4, -0.2) is 9.78 Å². The fraction of sp³-hybridized carbons (Fsp3) is 0.625. The van der Waals surface area contributed by atoms with Crippen molar-refractivity contribution in [1.29, 1.82) is 0 Å². The molecule has 0 saturated heterocycles. The van der Waals surface area contributed by atoms with Crippen LogP contribution in [0.2, 0.25) is 0 Å². The van der Waals surface area contributed by atoms with Gasteiger partial charge in [0, 0.05) is 6.20 Å². The van der Waals surface area contributed by atoms with Gasteiger partial charge in [-0.1, -0.05) is 13.8 Å². The highest BCUT2D eigenvalue weighted by Gasteiger charge is 2.05. The summed E-state index contributed by atoms with van der Waals surface area (Å²) in [5.41, 5.74) is 6.29. The van der Waals surface area contributed by atoms with Gasteiger partial charge in [0.2, 0.25) is 0 Å². The Hall–Kier alpha value is -0.990. The summed E-state index contributed by atoms with van der Waals surface area (Å²) >= 11 is 0. The third-order valence-corrected chi connectivity index (χ3v) is 1.94. The van der Waals surface area contributed by atoms with E-state index >= 15 is 0 Å². The van der Waals surface area contributed by atoms with Crippen molar-refractivity contribution in [2.45, 2.75) is 32.7 Å². The monoisotopic (exact) mass is 153 g/mol. The second-order valence-corrected chi connectivity index (χ2v) is 2.72. The average molecular weight is 153 g/mol. The number of nitrogen functional groups attached to an aromatic ring is 1. The Bertz CT molecular complexity index is 213. The maximum Gasteiger partial charge on any atom is 0.0719 e. The quantitative estimate of drug-likeness (QED) is 0.719. The second kappa shape index (κ2) is 3.42. The lowest BCUT2D eigenvalue weighted by atomic mass is 10.2. The fourth-order valence-corrected chi connectivity index (χ4v) is 1.22. The lowest BCUT2D eigenvalue weighted by Gasteiger charge is -2.11. The smallest absolute Gasteiger partial charge is 0.0719 e. The Kier molecular flexibility index (Phi) is 2.52. The summed E-state index contributed by atoms with van der Waals surface area (Å²) < 4.78 is 1.94. The van der Waals surface area contributed by atoms with Crippen LogP contribution in [-0.2, 0) is 0 Å². The van der Waals surface area contributed by atoms with Crippen molar-refractivity contribution in [3.8, 4) is 0 Å². The molecule has 62 valence electrons. The van der Waals surface area contributed by atoms with Crippen LogP contribution in [0, 0.1) is 0 Å². The number of aromatic nitrogens is 2. The van der Waals surface area contributed by atoms with Crippen molar-refractivity contribution >= 4 is 5.69 Å². The van der Waals surface area contributed by atoms with Crippen molar-refractivity contribution < 1.29 is 0 Å². The number of nitrogens with two attached hydrogens (primary N) is 1. The number of hydrogen-bond donors (Lipinski definition) is 1. The minimum atomic E-state index is 0.507. The fourth-order valence-electron chi connectivity index (χ4n) is 1.22. The summed E-state index contributed by atoms with van der Waals surface area (Å²) in [5.74, 6) is 0. The molecule has 0 saturated carbocycles. The van der Waals surface area contributed by atoms with Crippen LogP contribution in [0.3, 0.4) is 0 Å². The average Bonchev–Trinajstić information content (AvgIpc) is 2.39. The Balaban J connectivity index is 2.73. The van der Waals surface area contributed by atoms with E-state index in [4.69, 9.17) is 5.73 Å². The first-order chi connectivity index (χ1) is 5.27. The second-order valence-electron chi connectivity index (χ2n) is 2.72. The van der Waals surface area contributed by atoms with E-state index in [2.05, 4.69) is 18.9 Å². The lowest BCUT2D eigenvalue weighted by Crippen LogP contribution is -2.06. The molecule has 0 unspecified atom stereocenters. The molecule has 11 heavy (non-hydrogen) atoms. The van der Waals surface area contributed by atoms with Gasteiger partial charge in [0.1, 0.15) is 0 Å². The largest absolute Gasteiger partial charge is 0.396 e. The van der Waals surface area contributed by atoms with Crippen LogP contribution in [0.15, 0.2) is 12.4 Å². The zero-order valence-corrected chi connectivity index (χ0v) is 7.12. The van der Waals surface area contributed by atoms with Crippen LogP contribution < -0.4 is 5.73 Å². The highest BCUT2D eigenvalue weighted by Crippen LogP contribution is 2.14. The van der Waals surface area contributed by atoms with Crippen molar-refractivity contribution in [2.24, 2.45) is 0 Å². The first-order valence-electron chi connectivity index (χ1n) is 4.07. The molecule has 3 nitrogen and oxygen atoms in total. The maximum atomic E-state index is 5.54. The summed E-state index contributed by atoms with van der Waals surface area (Å²) in [4.78, 5) is 0. The SMILES string of the molecule is CCC(CC)n1cc(N)cn1. The Labute approximate surface area is 67.2 Å². The van der Waals surface area contributed by atoms with Gasteiger partial charge in [0.25, 0.3) is 0 Å². The van der Waals surface area contributed by atoms with E-state index < -0.39 is 0 Å². The highest BCUT2D eigenvalue weighted by atomic mass is 15.3. The third-order valence-electron chi connectivity index (χ3n) is 1.94. The number of hydrogen-bond acceptors (Lipinski definition) is 2. The highest BCUT2D eigenvalue weighted by molar-refractivity contribution is 5.30. The molecule has 0 radical (unpaired) electrons. The Morgan fingerprint density at radius 2 is 2.18 bits per heavy atom. The van der Waals surface area contributed by atoms with Gasteiger partial charge >= 0.3 is 0 Å². The molecule has 1 aromatic rings. The first kappa shape index (κ1) is 8.11. The van der Waals surface area contributed by atoms with E-state index in [1.54, 1.807) is 6.20 Å². The van der Waals surface area contributed by atoms with Crippen LogP contribution in [0.5, 0.6) is 0 Å². The van der Waals surface area contributed by atoms with Gasteiger partial charge in [-0.15, -0.1) is 0 Å². The summed E-state index contributed by atoms with van der Waals surface area (Å²) in [6.07, 6.45) is 5.80. The molecule has 3 heteroatoms. The van der Waals surface area contributed by atoms with E-state index in [-0.39, 0.29) is 0 Å². The predicted molar refractivity (Wildman–Crippen MR) is 46.3 cm³/mol. The maximum absolute atomic E-state index is 5.54. The van der Waals surface area contributed by atoms with Crippen molar-refractivity contribution in [3.05, 3.63) is 12.4 Å². The topological polar surface area (TPSA) is 43.8 Å². The normalized spacial score (nSPS) is 10.8. The molecule has 0 atom stereocenters. The molecular weight excluding hydrogens is 138 g/mol. The first-order valence-corrected chi connectivity index (χ1v) is 4.07. The molecule has 0 fully saturated rings. The van der Waals surface area contributed by atoms with E-state index in [0.717, 1.165) is 18.5 Å². The van der Waals surface area contributed by atoms with E-state index in [0.29, 0.717) is 6.04 Å². The molecule has 1 heterocycles. The van der Waals surface area contributed by atoms with E-state index in [1.165, 1.54) is 0 Å². The summed E-state index contributed by atoms with van der Waals surface area (Å²) in [6.45, 7) is 4.32. The molecule has 0 spiro atoms. The van der Waals surface area contributed by atoms with Gasteiger partial charge < -0.3 is 5.73 Å².